The third kappa shape index (κ3) is 3.75. The first-order valence-corrected chi connectivity index (χ1v) is 10.8. The SMILES string of the molecule is Cc1nc2cc(OC3CCNCC3)ccc2n1Cc1ccc(C(=N)N)c2ccccc12. The molecule has 31 heavy (non-hydrogen) atoms. The van der Waals surface area contributed by atoms with Crippen molar-refractivity contribution in [3.8, 4) is 5.75 Å². The van der Waals surface area contributed by atoms with Gasteiger partial charge in [0.15, 0.2) is 0 Å². The first-order valence-electron chi connectivity index (χ1n) is 10.8. The molecule has 0 aliphatic carbocycles. The number of hydrogen-bond donors (Lipinski definition) is 3. The minimum atomic E-state index is 0.0910. The second-order valence-electron chi connectivity index (χ2n) is 8.19. The maximum Gasteiger partial charge on any atom is 0.123 e. The van der Waals surface area contributed by atoms with E-state index in [0.29, 0.717) is 6.54 Å². The zero-order valence-corrected chi connectivity index (χ0v) is 17.7. The van der Waals surface area contributed by atoms with Crippen LogP contribution in [0.1, 0.15) is 29.8 Å². The van der Waals surface area contributed by atoms with E-state index in [9.17, 15) is 0 Å². The number of nitrogens with two attached hydrogens (primary N) is 1. The van der Waals surface area contributed by atoms with E-state index in [1.165, 1.54) is 5.56 Å². The number of nitrogen functional groups attached to an aromatic ring is 1. The molecule has 1 aliphatic rings. The Morgan fingerprint density at radius 3 is 2.68 bits per heavy atom. The number of nitrogens with zero attached hydrogens (tertiary/aromatic N) is 2. The van der Waals surface area contributed by atoms with Crippen molar-refractivity contribution in [2.75, 3.05) is 13.1 Å². The highest BCUT2D eigenvalue weighted by Gasteiger charge is 2.16. The fourth-order valence-corrected chi connectivity index (χ4v) is 4.51. The summed E-state index contributed by atoms with van der Waals surface area (Å²) in [5.41, 5.74) is 9.79. The molecule has 4 N–H and O–H groups in total. The smallest absolute Gasteiger partial charge is 0.123 e. The molecule has 158 valence electrons. The average molecular weight is 414 g/mol. The first kappa shape index (κ1) is 19.6. The number of piperidine rings is 1. The molecule has 6 heteroatoms. The minimum absolute atomic E-state index is 0.0910. The van der Waals surface area contributed by atoms with Gasteiger partial charge in [-0.3, -0.25) is 5.41 Å². The Kier molecular flexibility index (Phi) is 5.08. The fourth-order valence-electron chi connectivity index (χ4n) is 4.51. The van der Waals surface area contributed by atoms with Crippen LogP contribution in [0.5, 0.6) is 5.75 Å². The van der Waals surface area contributed by atoms with Gasteiger partial charge in [0.25, 0.3) is 0 Å². The Balaban J connectivity index is 1.49. The number of imidazole rings is 1. The number of hydrogen-bond acceptors (Lipinski definition) is 4. The van der Waals surface area contributed by atoms with Crippen molar-refractivity contribution in [3.63, 3.8) is 0 Å². The van der Waals surface area contributed by atoms with Crippen LogP contribution in [0.25, 0.3) is 21.8 Å². The monoisotopic (exact) mass is 413 g/mol. The van der Waals surface area contributed by atoms with Crippen LogP contribution in [0.3, 0.4) is 0 Å². The number of fused-ring (bicyclic) bond motifs is 2. The molecule has 1 saturated heterocycles. The van der Waals surface area contributed by atoms with Crippen molar-refractivity contribution < 1.29 is 4.74 Å². The van der Waals surface area contributed by atoms with Crippen molar-refractivity contribution in [2.45, 2.75) is 32.4 Å². The zero-order chi connectivity index (χ0) is 21.4. The van der Waals surface area contributed by atoms with Crippen molar-refractivity contribution in [1.82, 2.24) is 14.9 Å². The molecular formula is C25H27N5O. The van der Waals surface area contributed by atoms with Crippen molar-refractivity contribution in [1.29, 1.82) is 5.41 Å². The molecule has 0 saturated carbocycles. The predicted molar refractivity (Wildman–Crippen MR) is 125 cm³/mol. The van der Waals surface area contributed by atoms with Gasteiger partial charge < -0.3 is 20.4 Å². The highest BCUT2D eigenvalue weighted by Crippen LogP contribution is 2.28. The Morgan fingerprint density at radius 1 is 1.13 bits per heavy atom. The van der Waals surface area contributed by atoms with Crippen LogP contribution in [0.4, 0.5) is 0 Å². The number of ether oxygens (including phenoxy) is 1. The number of nitrogens with one attached hydrogen (secondary N) is 2. The summed E-state index contributed by atoms with van der Waals surface area (Å²) in [5.74, 6) is 1.95. The van der Waals surface area contributed by atoms with E-state index in [1.807, 2.05) is 31.2 Å². The Hall–Kier alpha value is -3.38. The molecule has 1 aromatic heterocycles. The van der Waals surface area contributed by atoms with Gasteiger partial charge in [0.05, 0.1) is 11.0 Å². The van der Waals surface area contributed by atoms with Crippen molar-refractivity contribution in [2.24, 2.45) is 5.73 Å². The van der Waals surface area contributed by atoms with Gasteiger partial charge in [0.1, 0.15) is 23.5 Å². The summed E-state index contributed by atoms with van der Waals surface area (Å²) in [4.78, 5) is 4.81. The summed E-state index contributed by atoms with van der Waals surface area (Å²) in [7, 11) is 0. The van der Waals surface area contributed by atoms with E-state index in [0.717, 1.165) is 64.9 Å². The lowest BCUT2D eigenvalue weighted by Crippen LogP contribution is -2.34. The summed E-state index contributed by atoms with van der Waals surface area (Å²) in [5, 5.41) is 13.4. The van der Waals surface area contributed by atoms with Crippen LogP contribution in [0.15, 0.2) is 54.6 Å². The lowest BCUT2D eigenvalue weighted by molar-refractivity contribution is 0.162. The lowest BCUT2D eigenvalue weighted by atomic mass is 9.99. The number of rotatable bonds is 5. The summed E-state index contributed by atoms with van der Waals surface area (Å²) in [6.45, 7) is 4.77. The van der Waals surface area contributed by atoms with Crippen LogP contribution in [-0.4, -0.2) is 34.6 Å². The maximum absolute atomic E-state index is 7.89. The van der Waals surface area contributed by atoms with Gasteiger partial charge >= 0.3 is 0 Å². The van der Waals surface area contributed by atoms with E-state index >= 15 is 0 Å². The summed E-state index contributed by atoms with van der Waals surface area (Å²) in [6.07, 6.45) is 2.34. The molecule has 0 bridgehead atoms. The fraction of sp³-hybridized carbons (Fsp3) is 0.280. The van der Waals surface area contributed by atoms with Crippen LogP contribution in [0.2, 0.25) is 0 Å². The van der Waals surface area contributed by atoms with Gasteiger partial charge in [0.2, 0.25) is 0 Å². The van der Waals surface area contributed by atoms with Crippen LogP contribution in [-0.2, 0) is 6.54 Å². The molecule has 0 atom stereocenters. The maximum atomic E-state index is 7.89. The standard InChI is InChI=1S/C25H27N5O/c1-16-29-23-14-19(31-18-10-12-28-13-11-18)7-9-24(23)30(16)15-17-6-8-22(25(26)27)21-5-3-2-4-20(17)21/h2-9,14,18,28H,10-13,15H2,1H3,(H3,26,27). The quantitative estimate of drug-likeness (QED) is 0.341. The Morgan fingerprint density at radius 2 is 1.90 bits per heavy atom. The predicted octanol–water partition coefficient (Wildman–Crippen LogP) is 3.96. The van der Waals surface area contributed by atoms with Gasteiger partial charge in [-0.1, -0.05) is 36.4 Å². The second kappa shape index (κ2) is 8.04. The van der Waals surface area contributed by atoms with Gasteiger partial charge in [0, 0.05) is 18.2 Å². The highest BCUT2D eigenvalue weighted by molar-refractivity contribution is 6.08. The van der Waals surface area contributed by atoms with Crippen molar-refractivity contribution in [3.05, 3.63) is 71.5 Å². The van der Waals surface area contributed by atoms with E-state index in [1.54, 1.807) is 0 Å². The van der Waals surface area contributed by atoms with Crippen LogP contribution < -0.4 is 15.8 Å². The number of aryl methyl sites for hydroxylation is 1. The number of amidine groups is 1. The van der Waals surface area contributed by atoms with E-state index in [-0.39, 0.29) is 11.9 Å². The van der Waals surface area contributed by atoms with E-state index in [4.69, 9.17) is 20.9 Å². The molecule has 0 spiro atoms. The normalized spacial score (nSPS) is 14.9. The second-order valence-corrected chi connectivity index (χ2v) is 8.19. The number of aromatic nitrogens is 2. The van der Waals surface area contributed by atoms with E-state index in [2.05, 4.69) is 40.2 Å². The molecule has 0 amide bonds. The van der Waals surface area contributed by atoms with Gasteiger partial charge in [-0.15, -0.1) is 0 Å². The molecule has 4 aromatic rings. The Labute approximate surface area is 181 Å². The Bertz CT molecular complexity index is 1270. The molecule has 0 unspecified atom stereocenters. The molecule has 2 heterocycles. The lowest BCUT2D eigenvalue weighted by Gasteiger charge is -2.23. The third-order valence-electron chi connectivity index (χ3n) is 6.13. The van der Waals surface area contributed by atoms with Crippen LogP contribution in [0, 0.1) is 12.3 Å². The molecule has 1 fully saturated rings. The first-order chi connectivity index (χ1) is 15.1. The molecule has 1 aliphatic heterocycles. The third-order valence-corrected chi connectivity index (χ3v) is 6.13. The molecular weight excluding hydrogens is 386 g/mol. The molecule has 3 aromatic carbocycles. The topological polar surface area (TPSA) is 89.0 Å². The zero-order valence-electron chi connectivity index (χ0n) is 17.7. The van der Waals surface area contributed by atoms with Gasteiger partial charge in [-0.25, -0.2) is 4.98 Å². The molecule has 0 radical (unpaired) electrons. The minimum Gasteiger partial charge on any atom is -0.490 e. The molecule has 5 rings (SSSR count). The van der Waals surface area contributed by atoms with Gasteiger partial charge in [-0.2, -0.15) is 0 Å². The molecule has 6 nitrogen and oxygen atoms in total. The van der Waals surface area contributed by atoms with E-state index < -0.39 is 0 Å². The summed E-state index contributed by atoms with van der Waals surface area (Å²) in [6, 6.07) is 18.4. The number of benzene rings is 3. The largest absolute Gasteiger partial charge is 0.490 e. The highest BCUT2D eigenvalue weighted by atomic mass is 16.5. The average Bonchev–Trinajstić information content (AvgIpc) is 3.08. The van der Waals surface area contributed by atoms with Gasteiger partial charge in [-0.05, 0) is 61.3 Å². The summed E-state index contributed by atoms with van der Waals surface area (Å²) < 4.78 is 8.44. The van der Waals surface area contributed by atoms with Crippen LogP contribution >= 0.6 is 0 Å². The van der Waals surface area contributed by atoms with Crippen molar-refractivity contribution >= 4 is 27.6 Å². The summed E-state index contributed by atoms with van der Waals surface area (Å²) >= 11 is 0.